The highest BCUT2D eigenvalue weighted by molar-refractivity contribution is 5.40. The van der Waals surface area contributed by atoms with Crippen molar-refractivity contribution >= 4 is 0 Å². The molecule has 0 amide bonds. The molecule has 0 unspecified atom stereocenters. The molecule has 0 aromatic carbocycles. The van der Waals surface area contributed by atoms with E-state index < -0.39 is 0 Å². The van der Waals surface area contributed by atoms with Gasteiger partial charge in [0, 0.05) is 26.2 Å². The van der Waals surface area contributed by atoms with E-state index in [1.54, 1.807) is 12.2 Å². The van der Waals surface area contributed by atoms with Gasteiger partial charge in [0.25, 0.3) is 0 Å². The molecule has 1 aliphatic heterocycles. The molecular formula is C11H15N3. The van der Waals surface area contributed by atoms with Crippen LogP contribution in [0.3, 0.4) is 0 Å². The molecule has 0 aromatic heterocycles. The maximum absolute atomic E-state index is 8.89. The van der Waals surface area contributed by atoms with Crippen LogP contribution in [0.25, 0.3) is 0 Å². The number of nitrogens with zero attached hydrogens (tertiary/aromatic N) is 2. The SMILES string of the molecule is C=C/C(C#N)=C(\C=C)N1CCNCC1. The minimum absolute atomic E-state index is 0.599. The molecule has 0 bridgehead atoms. The third-order valence-corrected chi connectivity index (χ3v) is 2.25. The van der Waals surface area contributed by atoms with E-state index in [9.17, 15) is 0 Å². The lowest BCUT2D eigenvalue weighted by Crippen LogP contribution is -2.42. The van der Waals surface area contributed by atoms with Crippen LogP contribution in [0.4, 0.5) is 0 Å². The lowest BCUT2D eigenvalue weighted by Gasteiger charge is -2.30. The summed E-state index contributed by atoms with van der Waals surface area (Å²) in [7, 11) is 0. The molecule has 14 heavy (non-hydrogen) atoms. The van der Waals surface area contributed by atoms with Gasteiger partial charge in [0.2, 0.25) is 0 Å². The maximum atomic E-state index is 8.89. The van der Waals surface area contributed by atoms with Gasteiger partial charge < -0.3 is 10.2 Å². The Morgan fingerprint density at radius 1 is 1.29 bits per heavy atom. The van der Waals surface area contributed by atoms with Crippen LogP contribution < -0.4 is 5.32 Å². The Labute approximate surface area is 85.0 Å². The number of allylic oxidation sites excluding steroid dienone is 3. The zero-order valence-electron chi connectivity index (χ0n) is 8.29. The van der Waals surface area contributed by atoms with Crippen LogP contribution in [0.5, 0.6) is 0 Å². The van der Waals surface area contributed by atoms with E-state index in [0.29, 0.717) is 5.57 Å². The molecule has 3 heteroatoms. The highest BCUT2D eigenvalue weighted by atomic mass is 15.2. The number of nitrogens with one attached hydrogen (secondary N) is 1. The Morgan fingerprint density at radius 2 is 1.93 bits per heavy atom. The fourth-order valence-corrected chi connectivity index (χ4v) is 1.52. The van der Waals surface area contributed by atoms with Crippen molar-refractivity contribution < 1.29 is 0 Å². The summed E-state index contributed by atoms with van der Waals surface area (Å²) in [5.74, 6) is 0. The van der Waals surface area contributed by atoms with Gasteiger partial charge in [0.1, 0.15) is 6.07 Å². The Balaban J connectivity index is 2.89. The molecular weight excluding hydrogens is 174 g/mol. The lowest BCUT2D eigenvalue weighted by molar-refractivity contribution is 0.306. The predicted octanol–water partition coefficient (Wildman–Crippen LogP) is 1.04. The van der Waals surface area contributed by atoms with Gasteiger partial charge in [-0.1, -0.05) is 13.2 Å². The molecule has 0 aliphatic carbocycles. The maximum Gasteiger partial charge on any atom is 0.101 e. The van der Waals surface area contributed by atoms with Crippen molar-refractivity contribution in [3.8, 4) is 6.07 Å². The van der Waals surface area contributed by atoms with Crippen molar-refractivity contribution in [1.82, 2.24) is 10.2 Å². The Morgan fingerprint density at radius 3 is 2.36 bits per heavy atom. The van der Waals surface area contributed by atoms with E-state index >= 15 is 0 Å². The molecule has 0 spiro atoms. The van der Waals surface area contributed by atoms with Crippen molar-refractivity contribution in [1.29, 1.82) is 5.26 Å². The normalized spacial score (nSPS) is 18.1. The standard InChI is InChI=1S/C11H15N3/c1-3-10(9-12)11(4-2)14-7-5-13-6-8-14/h3-4,13H,1-2,5-8H2/b11-10-. The number of hydrogen-bond donors (Lipinski definition) is 1. The first-order valence-corrected chi connectivity index (χ1v) is 4.68. The summed E-state index contributed by atoms with van der Waals surface area (Å²) in [6.07, 6.45) is 3.31. The van der Waals surface area contributed by atoms with E-state index in [2.05, 4.69) is 29.4 Å². The van der Waals surface area contributed by atoms with Crippen molar-refractivity contribution in [3.63, 3.8) is 0 Å². The van der Waals surface area contributed by atoms with Crippen LogP contribution in [0, 0.1) is 11.3 Å². The summed E-state index contributed by atoms with van der Waals surface area (Å²) < 4.78 is 0. The van der Waals surface area contributed by atoms with Gasteiger partial charge in [-0.25, -0.2) is 0 Å². The van der Waals surface area contributed by atoms with Crippen molar-refractivity contribution in [3.05, 3.63) is 36.6 Å². The molecule has 0 radical (unpaired) electrons. The average molecular weight is 189 g/mol. The van der Waals surface area contributed by atoms with Crippen LogP contribution in [-0.4, -0.2) is 31.1 Å². The molecule has 1 rings (SSSR count). The number of hydrogen-bond acceptors (Lipinski definition) is 3. The molecule has 0 saturated carbocycles. The first-order chi connectivity index (χ1) is 6.83. The van der Waals surface area contributed by atoms with E-state index in [0.717, 1.165) is 31.9 Å². The second kappa shape index (κ2) is 5.25. The molecule has 3 nitrogen and oxygen atoms in total. The first-order valence-electron chi connectivity index (χ1n) is 4.68. The van der Waals surface area contributed by atoms with Gasteiger partial charge in [0.15, 0.2) is 0 Å². The summed E-state index contributed by atoms with van der Waals surface area (Å²) in [6, 6.07) is 2.13. The molecule has 1 heterocycles. The van der Waals surface area contributed by atoms with Crippen LogP contribution in [-0.2, 0) is 0 Å². The zero-order valence-corrected chi connectivity index (χ0v) is 8.29. The average Bonchev–Trinajstić information content (AvgIpc) is 2.27. The molecule has 1 fully saturated rings. The van der Waals surface area contributed by atoms with E-state index in [-0.39, 0.29) is 0 Å². The molecule has 74 valence electrons. The smallest absolute Gasteiger partial charge is 0.101 e. The van der Waals surface area contributed by atoms with Crippen LogP contribution >= 0.6 is 0 Å². The fourth-order valence-electron chi connectivity index (χ4n) is 1.52. The minimum atomic E-state index is 0.599. The molecule has 0 aromatic rings. The van der Waals surface area contributed by atoms with Gasteiger partial charge >= 0.3 is 0 Å². The quantitative estimate of drug-likeness (QED) is 0.532. The van der Waals surface area contributed by atoms with Crippen LogP contribution in [0.2, 0.25) is 0 Å². The fraction of sp³-hybridized carbons (Fsp3) is 0.364. The Hall–Kier alpha value is -1.53. The monoisotopic (exact) mass is 189 g/mol. The van der Waals surface area contributed by atoms with E-state index in [1.165, 1.54) is 0 Å². The summed E-state index contributed by atoms with van der Waals surface area (Å²) in [4.78, 5) is 2.16. The third kappa shape index (κ3) is 2.24. The Bertz CT molecular complexity index is 290. The minimum Gasteiger partial charge on any atom is -0.368 e. The number of rotatable bonds is 3. The molecule has 1 N–H and O–H groups in total. The van der Waals surface area contributed by atoms with Crippen LogP contribution in [0.15, 0.2) is 36.6 Å². The van der Waals surface area contributed by atoms with Gasteiger partial charge in [-0.2, -0.15) is 5.26 Å². The van der Waals surface area contributed by atoms with Crippen molar-refractivity contribution in [2.45, 2.75) is 0 Å². The summed E-state index contributed by atoms with van der Waals surface area (Å²) in [5, 5.41) is 12.2. The summed E-state index contributed by atoms with van der Waals surface area (Å²) in [6.45, 7) is 11.1. The van der Waals surface area contributed by atoms with E-state index in [1.807, 2.05) is 0 Å². The van der Waals surface area contributed by atoms with Gasteiger partial charge in [-0.05, 0) is 12.2 Å². The van der Waals surface area contributed by atoms with E-state index in [4.69, 9.17) is 5.26 Å². The summed E-state index contributed by atoms with van der Waals surface area (Å²) >= 11 is 0. The second-order valence-electron chi connectivity index (χ2n) is 3.06. The second-order valence-corrected chi connectivity index (χ2v) is 3.06. The highest BCUT2D eigenvalue weighted by Crippen LogP contribution is 2.12. The van der Waals surface area contributed by atoms with Gasteiger partial charge in [-0.15, -0.1) is 0 Å². The Kier molecular flexibility index (Phi) is 3.96. The van der Waals surface area contributed by atoms with Crippen molar-refractivity contribution in [2.24, 2.45) is 0 Å². The molecule has 1 aliphatic rings. The zero-order chi connectivity index (χ0) is 10.4. The third-order valence-electron chi connectivity index (χ3n) is 2.25. The first kappa shape index (κ1) is 10.6. The topological polar surface area (TPSA) is 39.1 Å². The largest absolute Gasteiger partial charge is 0.368 e. The lowest BCUT2D eigenvalue weighted by atomic mass is 10.2. The van der Waals surface area contributed by atoms with Gasteiger partial charge in [0.05, 0.1) is 11.3 Å². The number of piperazine rings is 1. The molecule has 0 atom stereocenters. The highest BCUT2D eigenvalue weighted by Gasteiger charge is 2.13. The summed E-state index contributed by atoms with van der Waals surface area (Å²) in [5.41, 5.74) is 1.49. The molecule has 1 saturated heterocycles. The van der Waals surface area contributed by atoms with Crippen LogP contribution in [0.1, 0.15) is 0 Å². The van der Waals surface area contributed by atoms with Gasteiger partial charge in [-0.3, -0.25) is 0 Å². The van der Waals surface area contributed by atoms with Crippen molar-refractivity contribution in [2.75, 3.05) is 26.2 Å². The number of nitriles is 1. The predicted molar refractivity (Wildman–Crippen MR) is 57.5 cm³/mol.